The van der Waals surface area contributed by atoms with Gasteiger partial charge in [0.25, 0.3) is 0 Å². The van der Waals surface area contributed by atoms with Gasteiger partial charge >= 0.3 is 0 Å². The largest absolute Gasteiger partial charge is 0.255 e. The quantitative estimate of drug-likeness (QED) is 0.239. The van der Waals surface area contributed by atoms with Gasteiger partial charge in [0, 0.05) is 0 Å². The third-order valence-corrected chi connectivity index (χ3v) is 0. The van der Waals surface area contributed by atoms with Gasteiger partial charge in [0.2, 0.25) is 0 Å². The van der Waals surface area contributed by atoms with Gasteiger partial charge < -0.3 is 0 Å². The Bertz CT molecular complexity index is 8.75. The average molecular weight is 60.1 g/mol. The van der Waals surface area contributed by atoms with Gasteiger partial charge in [-0.05, 0) is 0 Å². The van der Waals surface area contributed by atoms with Gasteiger partial charge in [-0.3, -0.25) is 10.5 Å². The van der Waals surface area contributed by atoms with E-state index in [0.717, 1.165) is 0 Å². The molecule has 2 N–H and O–H groups in total. The molecule has 0 spiro atoms. The first-order valence-corrected chi connectivity index (χ1v) is 0.533. The van der Waals surface area contributed by atoms with E-state index in [1.54, 1.807) is 0 Å². The second kappa shape index (κ2) is 20.1. The molecule has 0 rings (SSSR count). The van der Waals surface area contributed by atoms with Crippen molar-refractivity contribution in [2.45, 2.75) is 0 Å². The Morgan fingerprint density at radius 3 is 1.00 bits per heavy atom. The van der Waals surface area contributed by atoms with Crippen molar-refractivity contribution < 1.29 is 10.5 Å². The smallest absolute Gasteiger partial charge is 0.124 e. The summed E-state index contributed by atoms with van der Waals surface area (Å²) in [5.41, 5.74) is 0. The Labute approximate surface area is 24.6 Å². The summed E-state index contributed by atoms with van der Waals surface area (Å²) in [5, 5.41) is 12.0. The van der Waals surface area contributed by atoms with Gasteiger partial charge in [0.1, 0.15) is 0 Å². The predicted octanol–water partition coefficient (Wildman–Crippen LogP) is 0.267. The molecule has 0 aromatic heterocycles. The van der Waals surface area contributed by atoms with Crippen LogP contribution in [-0.2, 0) is 0 Å². The molecule has 0 aromatic rings. The van der Waals surface area contributed by atoms with Crippen LogP contribution in [0.25, 0.3) is 0 Å². The Balaban J connectivity index is 0. The van der Waals surface area contributed by atoms with Crippen LogP contribution in [0.15, 0.2) is 0 Å². The third-order valence-electron chi connectivity index (χ3n) is 0. The highest BCUT2D eigenvalue weighted by Gasteiger charge is 0.745. The molecule has 0 aliphatic carbocycles. The summed E-state index contributed by atoms with van der Waals surface area (Å²) in [4.78, 5) is 0. The van der Waals surface area contributed by atoms with Crippen LogP contribution in [0.3, 0.4) is 0 Å². The Hall–Kier alpha value is -0.520. The van der Waals surface area contributed by atoms with E-state index < -0.39 is 0 Å². The second-order valence-electron chi connectivity index (χ2n) is 0. The van der Waals surface area contributed by atoms with Crippen molar-refractivity contribution in [3.05, 3.63) is 0 Å². The molecule has 0 amide bonds. The standard InChI is InChI=1S/C2H2.H2O2/c2*1-2/h2*1-2H. The Morgan fingerprint density at radius 1 is 1.00 bits per heavy atom. The summed E-state index contributed by atoms with van der Waals surface area (Å²) in [7, 11) is 0. The van der Waals surface area contributed by atoms with Gasteiger partial charge in [-0.2, -0.15) is 0 Å². The number of rotatable bonds is 0. The first-order valence-electron chi connectivity index (χ1n) is 0.533. The molecular formula is C2H4O2. The number of hydrogen-bond acceptors (Lipinski definition) is 2. The highest BCUT2D eigenvalue weighted by molar-refractivity contribution is 4.47. The van der Waals surface area contributed by atoms with E-state index in [2.05, 4.69) is 12.8 Å². The maximum Gasteiger partial charge on any atom is -0.124 e. The summed E-state index contributed by atoms with van der Waals surface area (Å²) in [6, 6.07) is 0. The summed E-state index contributed by atoms with van der Waals surface area (Å²) in [5.74, 6) is 0. The van der Waals surface area contributed by atoms with Gasteiger partial charge in [-0.1, -0.05) is 0 Å². The highest BCUT2D eigenvalue weighted by Crippen LogP contribution is 0.711. The van der Waals surface area contributed by atoms with E-state index >= 15 is 0 Å². The topological polar surface area (TPSA) is 40.5 Å². The fourth-order valence-corrected chi connectivity index (χ4v) is 0. The van der Waals surface area contributed by atoms with E-state index in [1.807, 2.05) is 0 Å². The summed E-state index contributed by atoms with van der Waals surface area (Å²) >= 11 is 0. The van der Waals surface area contributed by atoms with Crippen LogP contribution >= 0.6 is 0 Å². The number of hydrogen-bond donors (Lipinski definition) is 2. The normalized spacial score (nSPS) is 2.00. The van der Waals surface area contributed by atoms with Crippen LogP contribution in [0, 0.1) is 12.8 Å². The maximum absolute atomic E-state index is 6.00. The second-order valence-corrected chi connectivity index (χ2v) is 0. The van der Waals surface area contributed by atoms with Crippen molar-refractivity contribution in [1.29, 1.82) is 0 Å². The van der Waals surface area contributed by atoms with E-state index in [9.17, 15) is 0 Å². The van der Waals surface area contributed by atoms with Crippen LogP contribution < -0.4 is 0 Å². The van der Waals surface area contributed by atoms with E-state index in [4.69, 9.17) is 10.5 Å². The molecule has 0 saturated heterocycles. The lowest BCUT2D eigenvalue weighted by Crippen LogP contribution is -1.29. The molecule has 0 radical (unpaired) electrons. The minimum atomic E-state index is 4.00. The molecule has 2 nitrogen and oxygen atoms in total. The van der Waals surface area contributed by atoms with Crippen molar-refractivity contribution in [3.8, 4) is 12.8 Å². The molecule has 0 aromatic carbocycles. The molecule has 0 atom stereocenters. The van der Waals surface area contributed by atoms with Crippen molar-refractivity contribution in [3.63, 3.8) is 0 Å². The molecule has 0 heterocycles. The fourth-order valence-electron chi connectivity index (χ4n) is 0. The highest BCUT2D eigenvalue weighted by atomic mass is 17.0. The first-order chi connectivity index (χ1) is 2.00. The van der Waals surface area contributed by atoms with Crippen LogP contribution in [0.5, 0.6) is 0 Å². The SMILES string of the molecule is C#C.OO. The monoisotopic (exact) mass is 60.0 g/mol. The van der Waals surface area contributed by atoms with Gasteiger partial charge in [-0.15, -0.1) is 12.8 Å². The molecule has 2 heteroatoms. The van der Waals surface area contributed by atoms with Crippen LogP contribution in [0.1, 0.15) is 0 Å². The number of terminal acetylenes is 1. The molecule has 0 saturated carbocycles. The molecule has 0 unspecified atom stereocenters. The van der Waals surface area contributed by atoms with Gasteiger partial charge in [0.15, 0.2) is 0 Å². The van der Waals surface area contributed by atoms with Crippen molar-refractivity contribution in [1.82, 2.24) is 0 Å². The molecule has 0 aliphatic rings. The van der Waals surface area contributed by atoms with Crippen LogP contribution in [-0.4, -0.2) is 10.5 Å². The van der Waals surface area contributed by atoms with Crippen molar-refractivity contribution in [2.24, 2.45) is 0 Å². The minimum Gasteiger partial charge on any atom is -0.255 e. The first kappa shape index (κ1) is 9.77. The third kappa shape index (κ3) is 1.26. The molecular weight excluding hydrogens is 56.0 g/mol. The van der Waals surface area contributed by atoms with E-state index in [0.29, 0.717) is 0 Å². The van der Waals surface area contributed by atoms with Crippen molar-refractivity contribution >= 4 is 0 Å². The predicted molar refractivity (Wildman–Crippen MR) is 15.1 cm³/mol. The van der Waals surface area contributed by atoms with Gasteiger partial charge in [0.05, 0.1) is 0 Å². The zero-order chi connectivity index (χ0) is 4.00. The molecule has 0 bridgehead atoms. The van der Waals surface area contributed by atoms with Crippen LogP contribution in [0.2, 0.25) is 0 Å². The molecule has 24 valence electrons. The lowest BCUT2D eigenvalue weighted by molar-refractivity contribution is -0.176. The summed E-state index contributed by atoms with van der Waals surface area (Å²) in [6.07, 6.45) is 8.00. The van der Waals surface area contributed by atoms with Crippen LogP contribution in [0.4, 0.5) is 0 Å². The van der Waals surface area contributed by atoms with E-state index in [-0.39, 0.29) is 0 Å². The Kier molecular flexibility index (Phi) is 49.1. The molecule has 4 heavy (non-hydrogen) atoms. The zero-order valence-electron chi connectivity index (χ0n) is 2.05. The van der Waals surface area contributed by atoms with E-state index in [1.165, 1.54) is 0 Å². The molecule has 0 aliphatic heterocycles. The maximum atomic E-state index is 6.00. The molecule has 0 fully saturated rings. The summed E-state index contributed by atoms with van der Waals surface area (Å²) < 4.78 is 0. The lowest BCUT2D eigenvalue weighted by Gasteiger charge is -1.25. The summed E-state index contributed by atoms with van der Waals surface area (Å²) in [6.45, 7) is 0. The average Bonchev–Trinajstić information content (AvgIpc) is 1.50. The fraction of sp³-hybridized carbons (Fsp3) is 0. The lowest BCUT2D eigenvalue weighted by atomic mass is 11.4. The minimum absolute atomic E-state index is 4.00. The van der Waals surface area contributed by atoms with Gasteiger partial charge in [-0.25, -0.2) is 0 Å². The van der Waals surface area contributed by atoms with Crippen molar-refractivity contribution in [2.75, 3.05) is 0 Å². The Morgan fingerprint density at radius 2 is 1.00 bits per heavy atom. The zero-order valence-corrected chi connectivity index (χ0v) is 2.05.